The Kier molecular flexibility index (Phi) is 2.74. The molecule has 0 saturated carbocycles. The standard InChI is InChI=1S/C14H19N3O/c1-18-7-6-17-13(15)16-10-14(17)8-11-4-2-3-5-12(11)9-14/h2-5H,6-10H2,1H3,(H2,15,16). The maximum absolute atomic E-state index is 6.03. The van der Waals surface area contributed by atoms with Crippen LogP contribution in [0.1, 0.15) is 11.1 Å². The molecule has 1 aromatic rings. The Balaban J connectivity index is 1.85. The molecule has 0 saturated heterocycles. The van der Waals surface area contributed by atoms with Crippen molar-refractivity contribution in [2.45, 2.75) is 18.4 Å². The molecule has 3 rings (SSSR count). The summed E-state index contributed by atoms with van der Waals surface area (Å²) in [5.74, 6) is 0.667. The van der Waals surface area contributed by atoms with E-state index in [2.05, 4.69) is 34.2 Å². The fourth-order valence-corrected chi connectivity index (χ4v) is 3.15. The maximum Gasteiger partial charge on any atom is 0.191 e. The lowest BCUT2D eigenvalue weighted by atomic mass is 9.94. The number of rotatable bonds is 3. The van der Waals surface area contributed by atoms with Gasteiger partial charge in [-0.25, -0.2) is 0 Å². The van der Waals surface area contributed by atoms with E-state index in [-0.39, 0.29) is 5.54 Å². The molecule has 0 radical (unpaired) electrons. The van der Waals surface area contributed by atoms with E-state index in [0.717, 1.165) is 25.9 Å². The minimum Gasteiger partial charge on any atom is -0.383 e. The lowest BCUT2D eigenvalue weighted by molar-refractivity contribution is 0.133. The molecular weight excluding hydrogens is 226 g/mol. The highest BCUT2D eigenvalue weighted by Gasteiger charge is 2.46. The quantitative estimate of drug-likeness (QED) is 0.857. The summed E-state index contributed by atoms with van der Waals surface area (Å²) in [6, 6.07) is 8.65. The molecule has 2 aliphatic rings. The first kappa shape index (κ1) is 11.5. The van der Waals surface area contributed by atoms with Gasteiger partial charge in [0.1, 0.15) is 0 Å². The number of methoxy groups -OCH3 is 1. The molecule has 0 unspecified atom stereocenters. The second-order valence-corrected chi connectivity index (χ2v) is 5.17. The normalized spacial score (nSPS) is 20.3. The largest absolute Gasteiger partial charge is 0.383 e. The Bertz CT molecular complexity index is 459. The highest BCUT2D eigenvalue weighted by Crippen LogP contribution is 2.37. The number of benzene rings is 1. The minimum atomic E-state index is 0.0618. The Morgan fingerprint density at radius 1 is 1.33 bits per heavy atom. The molecule has 18 heavy (non-hydrogen) atoms. The zero-order valence-corrected chi connectivity index (χ0v) is 10.7. The van der Waals surface area contributed by atoms with Gasteiger partial charge in [0.2, 0.25) is 0 Å². The molecule has 0 amide bonds. The molecule has 0 atom stereocenters. The number of hydrogen-bond acceptors (Lipinski definition) is 4. The lowest BCUT2D eigenvalue weighted by Crippen LogP contribution is -2.53. The topological polar surface area (TPSA) is 50.9 Å². The van der Waals surface area contributed by atoms with Crippen LogP contribution < -0.4 is 5.73 Å². The maximum atomic E-state index is 6.03. The van der Waals surface area contributed by atoms with Gasteiger partial charge in [-0.3, -0.25) is 4.99 Å². The smallest absolute Gasteiger partial charge is 0.191 e. The predicted molar refractivity (Wildman–Crippen MR) is 71.7 cm³/mol. The number of fused-ring (bicyclic) bond motifs is 1. The van der Waals surface area contributed by atoms with Gasteiger partial charge in [0.25, 0.3) is 0 Å². The molecule has 4 heteroatoms. The average molecular weight is 245 g/mol. The SMILES string of the molecule is COCCN1C(N)=NCC12Cc1ccccc1C2. The molecule has 0 bridgehead atoms. The van der Waals surface area contributed by atoms with E-state index >= 15 is 0 Å². The predicted octanol–water partition coefficient (Wildman–Crippen LogP) is 0.801. The second-order valence-electron chi connectivity index (χ2n) is 5.17. The van der Waals surface area contributed by atoms with Crippen LogP contribution in [0.25, 0.3) is 0 Å². The molecular formula is C14H19N3O. The molecule has 1 aliphatic heterocycles. The van der Waals surface area contributed by atoms with Gasteiger partial charge in [0, 0.05) is 13.7 Å². The van der Waals surface area contributed by atoms with Gasteiger partial charge in [-0.2, -0.15) is 0 Å². The lowest BCUT2D eigenvalue weighted by Gasteiger charge is -2.35. The van der Waals surface area contributed by atoms with Crippen LogP contribution in [-0.4, -0.2) is 43.2 Å². The van der Waals surface area contributed by atoms with Crippen molar-refractivity contribution in [1.29, 1.82) is 0 Å². The van der Waals surface area contributed by atoms with Crippen molar-refractivity contribution in [3.8, 4) is 0 Å². The van der Waals surface area contributed by atoms with Gasteiger partial charge in [0.05, 0.1) is 18.7 Å². The molecule has 1 aromatic carbocycles. The number of aliphatic imine (C=N–C) groups is 1. The van der Waals surface area contributed by atoms with Crippen LogP contribution in [0.15, 0.2) is 29.3 Å². The monoisotopic (exact) mass is 245 g/mol. The van der Waals surface area contributed by atoms with E-state index in [4.69, 9.17) is 10.5 Å². The van der Waals surface area contributed by atoms with Crippen LogP contribution in [0.3, 0.4) is 0 Å². The zero-order valence-electron chi connectivity index (χ0n) is 10.7. The van der Waals surface area contributed by atoms with Crippen LogP contribution in [-0.2, 0) is 17.6 Å². The van der Waals surface area contributed by atoms with Crippen LogP contribution in [0, 0.1) is 0 Å². The van der Waals surface area contributed by atoms with E-state index in [1.807, 2.05) is 0 Å². The summed E-state index contributed by atoms with van der Waals surface area (Å²) < 4.78 is 5.18. The second kappa shape index (κ2) is 4.28. The third-order valence-corrected chi connectivity index (χ3v) is 4.06. The Morgan fingerprint density at radius 3 is 2.61 bits per heavy atom. The Morgan fingerprint density at radius 2 is 2.00 bits per heavy atom. The third-order valence-electron chi connectivity index (χ3n) is 4.06. The van der Waals surface area contributed by atoms with Crippen LogP contribution in [0.4, 0.5) is 0 Å². The summed E-state index contributed by atoms with van der Waals surface area (Å²) in [7, 11) is 1.72. The van der Waals surface area contributed by atoms with E-state index in [1.54, 1.807) is 7.11 Å². The van der Waals surface area contributed by atoms with Gasteiger partial charge >= 0.3 is 0 Å². The van der Waals surface area contributed by atoms with Crippen molar-refractivity contribution in [1.82, 2.24) is 4.90 Å². The van der Waals surface area contributed by atoms with Crippen molar-refractivity contribution >= 4 is 5.96 Å². The van der Waals surface area contributed by atoms with Crippen LogP contribution in [0.5, 0.6) is 0 Å². The van der Waals surface area contributed by atoms with Gasteiger partial charge in [-0.15, -0.1) is 0 Å². The summed E-state index contributed by atoms with van der Waals surface area (Å²) in [4.78, 5) is 6.69. The number of nitrogens with two attached hydrogens (primary N) is 1. The van der Waals surface area contributed by atoms with Crippen molar-refractivity contribution in [3.63, 3.8) is 0 Å². The fourth-order valence-electron chi connectivity index (χ4n) is 3.15. The number of hydrogen-bond donors (Lipinski definition) is 1. The van der Waals surface area contributed by atoms with E-state index < -0.39 is 0 Å². The summed E-state index contributed by atoms with van der Waals surface area (Å²) in [5.41, 5.74) is 8.96. The Labute approximate surface area is 107 Å². The van der Waals surface area contributed by atoms with Crippen molar-refractivity contribution < 1.29 is 4.74 Å². The molecule has 1 aliphatic carbocycles. The Hall–Kier alpha value is -1.55. The number of ether oxygens (including phenoxy) is 1. The number of guanidine groups is 1. The highest BCUT2D eigenvalue weighted by atomic mass is 16.5. The van der Waals surface area contributed by atoms with Crippen molar-refractivity contribution in [3.05, 3.63) is 35.4 Å². The van der Waals surface area contributed by atoms with E-state index in [1.165, 1.54) is 11.1 Å². The van der Waals surface area contributed by atoms with Gasteiger partial charge in [-0.05, 0) is 24.0 Å². The average Bonchev–Trinajstić information content (AvgIpc) is 2.89. The summed E-state index contributed by atoms with van der Waals surface area (Å²) in [6.45, 7) is 2.31. The molecule has 0 aromatic heterocycles. The molecule has 4 nitrogen and oxygen atoms in total. The first-order chi connectivity index (χ1) is 8.75. The molecule has 96 valence electrons. The first-order valence-corrected chi connectivity index (χ1v) is 6.38. The minimum absolute atomic E-state index is 0.0618. The van der Waals surface area contributed by atoms with Gasteiger partial charge < -0.3 is 15.4 Å². The highest BCUT2D eigenvalue weighted by molar-refractivity contribution is 5.81. The van der Waals surface area contributed by atoms with Gasteiger partial charge in [0.15, 0.2) is 5.96 Å². The fraction of sp³-hybridized carbons (Fsp3) is 0.500. The van der Waals surface area contributed by atoms with Crippen molar-refractivity contribution in [2.24, 2.45) is 10.7 Å². The molecule has 0 fully saturated rings. The van der Waals surface area contributed by atoms with E-state index in [0.29, 0.717) is 12.6 Å². The molecule has 2 N–H and O–H groups in total. The van der Waals surface area contributed by atoms with Crippen molar-refractivity contribution in [2.75, 3.05) is 26.8 Å². The number of nitrogens with zero attached hydrogens (tertiary/aromatic N) is 2. The van der Waals surface area contributed by atoms with E-state index in [9.17, 15) is 0 Å². The zero-order chi connectivity index (χ0) is 12.6. The summed E-state index contributed by atoms with van der Waals surface area (Å²) in [6.07, 6.45) is 2.08. The van der Waals surface area contributed by atoms with Crippen LogP contribution in [0.2, 0.25) is 0 Å². The first-order valence-electron chi connectivity index (χ1n) is 6.38. The molecule has 1 heterocycles. The van der Waals surface area contributed by atoms with Gasteiger partial charge in [-0.1, -0.05) is 24.3 Å². The summed E-state index contributed by atoms with van der Waals surface area (Å²) in [5, 5.41) is 0. The summed E-state index contributed by atoms with van der Waals surface area (Å²) >= 11 is 0. The molecule has 1 spiro atoms. The third kappa shape index (κ3) is 1.68. The van der Waals surface area contributed by atoms with Crippen LogP contribution >= 0.6 is 0 Å².